The van der Waals surface area contributed by atoms with Crippen LogP contribution in [0.4, 0.5) is 0 Å². The van der Waals surface area contributed by atoms with Crippen molar-refractivity contribution in [2.45, 2.75) is 13.0 Å². The molecule has 0 aliphatic carbocycles. The Morgan fingerprint density at radius 1 is 1.37 bits per heavy atom. The number of hydrogen-bond donors (Lipinski definition) is 0. The van der Waals surface area contributed by atoms with Crippen molar-refractivity contribution in [2.75, 3.05) is 27.8 Å². The summed E-state index contributed by atoms with van der Waals surface area (Å²) in [7, 11) is 5.03. The highest BCUT2D eigenvalue weighted by Gasteiger charge is 2.11. The monoisotopic (exact) mass is 262 g/mol. The van der Waals surface area contributed by atoms with Crippen molar-refractivity contribution < 1.29 is 14.3 Å². The zero-order chi connectivity index (χ0) is 14.3. The first-order chi connectivity index (χ1) is 9.10. The molecule has 0 saturated carbocycles. The van der Waals surface area contributed by atoms with E-state index >= 15 is 0 Å². The van der Waals surface area contributed by atoms with Gasteiger partial charge in [-0.1, -0.05) is 0 Å². The van der Waals surface area contributed by atoms with Crippen molar-refractivity contribution in [3.63, 3.8) is 0 Å². The van der Waals surface area contributed by atoms with Crippen LogP contribution in [0.25, 0.3) is 0 Å². The van der Waals surface area contributed by atoms with Crippen molar-refractivity contribution in [1.82, 2.24) is 4.90 Å². The Labute approximate surface area is 113 Å². The molecule has 0 N–H and O–H groups in total. The maximum absolute atomic E-state index is 11.4. The van der Waals surface area contributed by atoms with Crippen LogP contribution in [-0.4, -0.2) is 38.5 Å². The lowest BCUT2D eigenvalue weighted by Gasteiger charge is -2.17. The van der Waals surface area contributed by atoms with Gasteiger partial charge in [0.05, 0.1) is 33.3 Å². The van der Waals surface area contributed by atoms with Crippen LogP contribution in [-0.2, 0) is 11.3 Å². The predicted molar refractivity (Wildman–Crippen MR) is 71.1 cm³/mol. The minimum absolute atomic E-state index is 0.0560. The van der Waals surface area contributed by atoms with Crippen molar-refractivity contribution in [3.05, 3.63) is 23.8 Å². The summed E-state index contributed by atoms with van der Waals surface area (Å²) in [5.74, 6) is 1.40. The normalized spacial score (nSPS) is 10.1. The fourth-order valence-corrected chi connectivity index (χ4v) is 1.80. The minimum Gasteiger partial charge on any atom is -0.497 e. The number of benzene rings is 1. The number of Topliss-reactive ketones (excluding diaryl/α,β-unsaturated/α-hetero) is 1. The summed E-state index contributed by atoms with van der Waals surface area (Å²) in [6.07, 6.45) is -0.0560. The van der Waals surface area contributed by atoms with Gasteiger partial charge in [-0.15, -0.1) is 0 Å². The second kappa shape index (κ2) is 7.39. The molecule has 0 spiro atoms. The van der Waals surface area contributed by atoms with E-state index in [0.717, 1.165) is 17.1 Å². The third-order valence-corrected chi connectivity index (χ3v) is 2.65. The van der Waals surface area contributed by atoms with Gasteiger partial charge in [0.1, 0.15) is 11.5 Å². The molecule has 19 heavy (non-hydrogen) atoms. The van der Waals surface area contributed by atoms with Crippen LogP contribution < -0.4 is 9.47 Å². The molecule has 0 unspecified atom stereocenters. The molecule has 0 aliphatic heterocycles. The number of ketones is 1. The smallest absolute Gasteiger partial charge is 0.160 e. The number of nitriles is 1. The molecule has 0 amide bonds. The van der Waals surface area contributed by atoms with Gasteiger partial charge in [0.15, 0.2) is 5.78 Å². The zero-order valence-electron chi connectivity index (χ0n) is 11.5. The highest BCUT2D eigenvalue weighted by Crippen LogP contribution is 2.24. The van der Waals surface area contributed by atoms with Crippen molar-refractivity contribution in [3.8, 4) is 17.6 Å². The van der Waals surface area contributed by atoms with Gasteiger partial charge >= 0.3 is 0 Å². The molecule has 102 valence electrons. The molecule has 1 aromatic carbocycles. The quantitative estimate of drug-likeness (QED) is 0.747. The van der Waals surface area contributed by atoms with Crippen LogP contribution in [0.1, 0.15) is 12.0 Å². The molecule has 0 fully saturated rings. The molecule has 0 bridgehead atoms. The Morgan fingerprint density at radius 3 is 2.68 bits per heavy atom. The number of ether oxygens (including phenoxy) is 2. The maximum Gasteiger partial charge on any atom is 0.160 e. The van der Waals surface area contributed by atoms with E-state index in [4.69, 9.17) is 14.7 Å². The van der Waals surface area contributed by atoms with Gasteiger partial charge in [0.25, 0.3) is 0 Å². The Hall–Kier alpha value is -2.06. The summed E-state index contributed by atoms with van der Waals surface area (Å²) in [5, 5.41) is 8.46. The lowest BCUT2D eigenvalue weighted by molar-refractivity contribution is -0.119. The summed E-state index contributed by atoms with van der Waals surface area (Å²) >= 11 is 0. The molecule has 0 aromatic heterocycles. The maximum atomic E-state index is 11.4. The fraction of sp³-hybridized carbons (Fsp3) is 0.429. The van der Waals surface area contributed by atoms with E-state index in [2.05, 4.69) is 0 Å². The fourth-order valence-electron chi connectivity index (χ4n) is 1.80. The summed E-state index contributed by atoms with van der Waals surface area (Å²) in [6.45, 7) is 0.797. The number of likely N-dealkylation sites (N-methyl/N-ethyl adjacent to an activating group) is 1. The largest absolute Gasteiger partial charge is 0.497 e. The van der Waals surface area contributed by atoms with Gasteiger partial charge in [-0.3, -0.25) is 9.69 Å². The van der Waals surface area contributed by atoms with Crippen LogP contribution >= 0.6 is 0 Å². The standard InChI is InChI=1S/C14H18N2O3/c1-16(10-12(17)6-7-15)9-11-8-13(18-2)4-5-14(11)19-3/h4-5,8H,6,9-10H2,1-3H3. The van der Waals surface area contributed by atoms with Crippen LogP contribution in [0, 0.1) is 11.3 Å². The predicted octanol–water partition coefficient (Wildman–Crippen LogP) is 1.62. The van der Waals surface area contributed by atoms with Gasteiger partial charge in [-0.2, -0.15) is 5.26 Å². The van der Waals surface area contributed by atoms with E-state index in [9.17, 15) is 4.79 Å². The molecule has 5 nitrogen and oxygen atoms in total. The Bertz CT molecular complexity index is 480. The van der Waals surface area contributed by atoms with E-state index < -0.39 is 0 Å². The summed E-state index contributed by atoms with van der Waals surface area (Å²) < 4.78 is 10.5. The lowest BCUT2D eigenvalue weighted by Crippen LogP contribution is -2.25. The highest BCUT2D eigenvalue weighted by atomic mass is 16.5. The van der Waals surface area contributed by atoms with E-state index in [1.807, 2.05) is 36.2 Å². The van der Waals surface area contributed by atoms with E-state index in [-0.39, 0.29) is 18.7 Å². The number of methoxy groups -OCH3 is 2. The van der Waals surface area contributed by atoms with Gasteiger partial charge in [0, 0.05) is 12.1 Å². The summed E-state index contributed by atoms with van der Waals surface area (Å²) in [4.78, 5) is 13.2. The third kappa shape index (κ3) is 4.60. The summed E-state index contributed by atoms with van der Waals surface area (Å²) in [5.41, 5.74) is 0.939. The van der Waals surface area contributed by atoms with E-state index in [1.54, 1.807) is 14.2 Å². The first kappa shape index (κ1) is 15.0. The Kier molecular flexibility index (Phi) is 5.83. The van der Waals surface area contributed by atoms with Gasteiger partial charge in [-0.25, -0.2) is 0 Å². The van der Waals surface area contributed by atoms with E-state index in [1.165, 1.54) is 0 Å². The first-order valence-corrected chi connectivity index (χ1v) is 5.88. The second-order valence-corrected chi connectivity index (χ2v) is 4.22. The lowest BCUT2D eigenvalue weighted by atomic mass is 10.1. The average Bonchev–Trinajstić information content (AvgIpc) is 2.38. The van der Waals surface area contributed by atoms with Crippen molar-refractivity contribution in [1.29, 1.82) is 5.26 Å². The molecule has 0 aliphatic rings. The second-order valence-electron chi connectivity index (χ2n) is 4.22. The molecule has 1 aromatic rings. The average molecular weight is 262 g/mol. The molecule has 0 atom stereocenters. The number of carbonyl (C=O) groups excluding carboxylic acids is 1. The van der Waals surface area contributed by atoms with Crippen LogP contribution in [0.5, 0.6) is 11.5 Å². The zero-order valence-corrected chi connectivity index (χ0v) is 11.5. The van der Waals surface area contributed by atoms with Crippen LogP contribution in [0.3, 0.4) is 0 Å². The topological polar surface area (TPSA) is 62.6 Å². The Morgan fingerprint density at radius 2 is 2.11 bits per heavy atom. The van der Waals surface area contributed by atoms with Gasteiger partial charge in [-0.05, 0) is 25.2 Å². The Balaban J connectivity index is 2.74. The number of nitrogens with zero attached hydrogens (tertiary/aromatic N) is 2. The molecule has 0 saturated heterocycles. The number of carbonyl (C=O) groups is 1. The number of rotatable bonds is 7. The summed E-state index contributed by atoms with van der Waals surface area (Å²) in [6, 6.07) is 7.39. The highest BCUT2D eigenvalue weighted by molar-refractivity contribution is 5.82. The molecule has 0 heterocycles. The molecule has 0 radical (unpaired) electrons. The molecular formula is C14H18N2O3. The SMILES string of the molecule is COc1ccc(OC)c(CN(C)CC(=O)CC#N)c1. The molecular weight excluding hydrogens is 244 g/mol. The van der Waals surface area contributed by atoms with Crippen molar-refractivity contribution >= 4 is 5.78 Å². The van der Waals surface area contributed by atoms with Crippen LogP contribution in [0.15, 0.2) is 18.2 Å². The molecule has 5 heteroatoms. The van der Waals surface area contributed by atoms with Crippen LogP contribution in [0.2, 0.25) is 0 Å². The van der Waals surface area contributed by atoms with Gasteiger partial charge < -0.3 is 9.47 Å². The van der Waals surface area contributed by atoms with Gasteiger partial charge in [0.2, 0.25) is 0 Å². The van der Waals surface area contributed by atoms with Crippen molar-refractivity contribution in [2.24, 2.45) is 0 Å². The van der Waals surface area contributed by atoms with E-state index in [0.29, 0.717) is 6.54 Å². The first-order valence-electron chi connectivity index (χ1n) is 5.88. The molecule has 1 rings (SSSR count). The minimum atomic E-state index is -0.0909. The number of hydrogen-bond acceptors (Lipinski definition) is 5. The third-order valence-electron chi connectivity index (χ3n) is 2.65.